The molecular formula is C16H34OZn. The Bertz CT molecular complexity index is 179. The van der Waals surface area contributed by atoms with E-state index in [1.807, 2.05) is 0 Å². The minimum absolute atomic E-state index is 0.831. The molecule has 18 heavy (non-hydrogen) atoms. The molecule has 0 bridgehead atoms. The van der Waals surface area contributed by atoms with E-state index in [0.29, 0.717) is 0 Å². The molecule has 0 aliphatic heterocycles. The van der Waals surface area contributed by atoms with Gasteiger partial charge < -0.3 is 0 Å². The van der Waals surface area contributed by atoms with Crippen LogP contribution in [-0.4, -0.2) is 0 Å². The van der Waals surface area contributed by atoms with Gasteiger partial charge in [0.15, 0.2) is 0 Å². The summed E-state index contributed by atoms with van der Waals surface area (Å²) in [7, 11) is 0. The summed E-state index contributed by atoms with van der Waals surface area (Å²) in [5.74, 6) is 1.66. The Morgan fingerprint density at radius 1 is 0.667 bits per heavy atom. The molecule has 1 nitrogen and oxygen atoms in total. The van der Waals surface area contributed by atoms with Crippen LogP contribution in [0.3, 0.4) is 0 Å². The van der Waals surface area contributed by atoms with Gasteiger partial charge in [-0.05, 0) is 0 Å². The minimum atomic E-state index is -2.24. The van der Waals surface area contributed by atoms with Gasteiger partial charge in [-0.1, -0.05) is 0 Å². The molecule has 0 spiro atoms. The van der Waals surface area contributed by atoms with E-state index in [2.05, 4.69) is 27.7 Å². The van der Waals surface area contributed by atoms with Gasteiger partial charge in [-0.2, -0.15) is 0 Å². The Balaban J connectivity index is 3.22. The second-order valence-electron chi connectivity index (χ2n) is 6.96. The van der Waals surface area contributed by atoms with Gasteiger partial charge >= 0.3 is 120 Å². The Hall–Kier alpha value is 0.423. The molecule has 0 amide bonds. The summed E-state index contributed by atoms with van der Waals surface area (Å²) in [6.45, 7) is 9.14. The fraction of sp³-hybridized carbons (Fsp3) is 1.00. The fourth-order valence-electron chi connectivity index (χ4n) is 2.55. The maximum atomic E-state index is 11.9. The van der Waals surface area contributed by atoms with E-state index in [9.17, 15) is 3.57 Å². The van der Waals surface area contributed by atoms with E-state index in [1.54, 1.807) is 0 Å². The van der Waals surface area contributed by atoms with Crippen molar-refractivity contribution in [1.29, 1.82) is 0 Å². The summed E-state index contributed by atoms with van der Waals surface area (Å²) < 4.78 is 11.9. The molecule has 0 N–H and O–H groups in total. The topological polar surface area (TPSA) is 17.1 Å². The summed E-state index contributed by atoms with van der Waals surface area (Å²) in [6.07, 6.45) is 10.4. The zero-order valence-electron chi connectivity index (χ0n) is 13.3. The number of unbranched alkanes of at least 4 members (excludes halogenated alkanes) is 4. The SMILES string of the molecule is CC(C)CCCC[CH2][Zn](=[O])[CH2]CCCCC(C)C. The molecule has 0 aliphatic carbocycles. The van der Waals surface area contributed by atoms with E-state index in [-0.39, 0.29) is 0 Å². The van der Waals surface area contributed by atoms with Crippen LogP contribution in [0.25, 0.3) is 0 Å². The van der Waals surface area contributed by atoms with Crippen LogP contribution in [0.2, 0.25) is 10.0 Å². The number of hydrogen-bond donors (Lipinski definition) is 0. The first kappa shape index (κ1) is 18.4. The molecule has 0 radical (unpaired) electrons. The predicted molar refractivity (Wildman–Crippen MR) is 76.9 cm³/mol. The number of hydrogen-bond acceptors (Lipinski definition) is 1. The van der Waals surface area contributed by atoms with Crippen LogP contribution in [0.4, 0.5) is 0 Å². The van der Waals surface area contributed by atoms with Crippen molar-refractivity contribution in [3.8, 4) is 0 Å². The Kier molecular flexibility index (Phi) is 12.7. The van der Waals surface area contributed by atoms with Gasteiger partial charge in [0, 0.05) is 0 Å². The third-order valence-corrected chi connectivity index (χ3v) is 9.26. The molecule has 0 aromatic heterocycles. The Morgan fingerprint density at radius 3 is 1.39 bits per heavy atom. The molecule has 2 heteroatoms. The molecule has 0 aliphatic rings. The second-order valence-corrected chi connectivity index (χ2v) is 13.1. The van der Waals surface area contributed by atoms with Crippen LogP contribution >= 0.6 is 0 Å². The molecule has 0 atom stereocenters. The molecule has 106 valence electrons. The van der Waals surface area contributed by atoms with Crippen molar-refractivity contribution in [3.63, 3.8) is 0 Å². The van der Waals surface area contributed by atoms with Crippen LogP contribution in [0.1, 0.15) is 79.1 Å². The van der Waals surface area contributed by atoms with Gasteiger partial charge in [-0.3, -0.25) is 0 Å². The van der Waals surface area contributed by atoms with Gasteiger partial charge in [0.2, 0.25) is 0 Å². The molecule has 0 fully saturated rings. The zero-order chi connectivity index (χ0) is 13.8. The van der Waals surface area contributed by atoms with Crippen LogP contribution in [0, 0.1) is 11.8 Å². The first-order valence-electron chi connectivity index (χ1n) is 8.41. The molecule has 0 aromatic rings. The fourth-order valence-corrected chi connectivity index (χ4v) is 7.11. The van der Waals surface area contributed by atoms with E-state index >= 15 is 0 Å². The van der Waals surface area contributed by atoms with Crippen molar-refractivity contribution in [2.75, 3.05) is 0 Å². The van der Waals surface area contributed by atoms with Crippen molar-refractivity contribution in [2.45, 2.75) is 89.1 Å². The van der Waals surface area contributed by atoms with Crippen molar-refractivity contribution < 1.29 is 19.5 Å². The van der Waals surface area contributed by atoms with E-state index in [4.69, 9.17) is 0 Å². The van der Waals surface area contributed by atoms with Crippen LogP contribution in [0.15, 0.2) is 0 Å². The predicted octanol–water partition coefficient (Wildman–Crippen LogP) is 6.22. The summed E-state index contributed by atoms with van der Waals surface area (Å²) >= 11 is -2.24. The summed E-state index contributed by atoms with van der Waals surface area (Å²) in [4.78, 5) is 0. The number of rotatable bonds is 12. The van der Waals surface area contributed by atoms with Gasteiger partial charge in [0.05, 0.1) is 0 Å². The van der Waals surface area contributed by atoms with Crippen LogP contribution < -0.4 is 0 Å². The van der Waals surface area contributed by atoms with Gasteiger partial charge in [0.1, 0.15) is 0 Å². The molecular weight excluding hydrogens is 274 g/mol. The van der Waals surface area contributed by atoms with Crippen LogP contribution in [-0.2, 0) is 19.5 Å². The normalized spacial score (nSPS) is 10.9. The van der Waals surface area contributed by atoms with Crippen molar-refractivity contribution in [2.24, 2.45) is 11.8 Å². The summed E-state index contributed by atoms with van der Waals surface area (Å²) in [5, 5.41) is 2.23. The quantitative estimate of drug-likeness (QED) is 0.309. The molecule has 0 aromatic carbocycles. The van der Waals surface area contributed by atoms with E-state index in [1.165, 1.54) is 51.4 Å². The van der Waals surface area contributed by atoms with Crippen LogP contribution in [0.5, 0.6) is 0 Å². The van der Waals surface area contributed by atoms with Gasteiger partial charge in [-0.15, -0.1) is 0 Å². The van der Waals surface area contributed by atoms with Gasteiger partial charge in [-0.25, -0.2) is 0 Å². The molecule has 0 heterocycles. The van der Waals surface area contributed by atoms with Crippen molar-refractivity contribution in [3.05, 3.63) is 0 Å². The second kappa shape index (κ2) is 12.5. The zero-order valence-corrected chi connectivity index (χ0v) is 16.3. The summed E-state index contributed by atoms with van der Waals surface area (Å²) in [6, 6.07) is 0. The first-order valence-corrected chi connectivity index (χ1v) is 13.8. The van der Waals surface area contributed by atoms with Crippen molar-refractivity contribution >= 4 is 0 Å². The average molecular weight is 308 g/mol. The Labute approximate surface area is 120 Å². The third kappa shape index (κ3) is 14.5. The van der Waals surface area contributed by atoms with Crippen molar-refractivity contribution in [1.82, 2.24) is 0 Å². The molecule has 0 saturated heterocycles. The molecule has 0 unspecified atom stereocenters. The standard InChI is InChI=1S/2C8H17.O.Zn/c2*1-4-5-6-7-8(2)3;;/h2*8H,1,4-7H2,2-3H3;;. The van der Waals surface area contributed by atoms with E-state index < -0.39 is 15.9 Å². The van der Waals surface area contributed by atoms with Gasteiger partial charge in [0.25, 0.3) is 0 Å². The average Bonchev–Trinajstić information content (AvgIpc) is 2.27. The summed E-state index contributed by atoms with van der Waals surface area (Å²) in [5.41, 5.74) is 0. The third-order valence-electron chi connectivity index (χ3n) is 3.85. The molecule has 0 saturated carbocycles. The van der Waals surface area contributed by atoms with E-state index in [0.717, 1.165) is 21.9 Å². The Morgan fingerprint density at radius 2 is 1.06 bits per heavy atom. The maximum absolute atomic E-state index is 11.9. The monoisotopic (exact) mass is 306 g/mol. The first-order chi connectivity index (χ1) is 8.52. The molecule has 0 rings (SSSR count).